The molecule has 0 atom stereocenters. The molecule has 0 unspecified atom stereocenters. The van der Waals surface area contributed by atoms with E-state index in [1.54, 1.807) is 18.2 Å². The van der Waals surface area contributed by atoms with Crippen molar-refractivity contribution in [1.82, 2.24) is 0 Å². The molecule has 0 saturated carbocycles. The van der Waals surface area contributed by atoms with Gasteiger partial charge in [0.1, 0.15) is 6.61 Å². The first-order valence-corrected chi connectivity index (χ1v) is 4.83. The minimum Gasteiger partial charge on any atom is -0.463 e. The number of Topliss-reactive ketones (excluding diaryl/α,β-unsaturated/α-hetero) is 1. The van der Waals surface area contributed by atoms with Crippen LogP contribution >= 0.6 is 0 Å². The maximum atomic E-state index is 11.7. The Kier molecular flexibility index (Phi) is 4.03. The monoisotopic (exact) mass is 206 g/mol. The third kappa shape index (κ3) is 3.20. The maximum Gasteiger partial charge on any atom is 0.293 e. The minimum absolute atomic E-state index is 0.0211. The molecule has 0 spiro atoms. The van der Waals surface area contributed by atoms with E-state index in [0.29, 0.717) is 12.0 Å². The number of hydrogen-bond donors (Lipinski definition) is 0. The normalized spacial score (nSPS) is 10.1. The van der Waals surface area contributed by atoms with Crippen molar-refractivity contribution in [3.8, 4) is 0 Å². The highest BCUT2D eigenvalue weighted by Gasteiger charge is 2.10. The fourth-order valence-corrected chi connectivity index (χ4v) is 1.28. The molecule has 0 aliphatic carbocycles. The predicted molar refractivity (Wildman–Crippen MR) is 56.5 cm³/mol. The smallest absolute Gasteiger partial charge is 0.293 e. The average molecular weight is 206 g/mol. The Morgan fingerprint density at radius 3 is 2.80 bits per heavy atom. The number of rotatable bonds is 5. The van der Waals surface area contributed by atoms with Crippen molar-refractivity contribution in [2.24, 2.45) is 5.92 Å². The predicted octanol–water partition coefficient (Wildman–Crippen LogP) is 2.20. The molecule has 3 heteroatoms. The summed E-state index contributed by atoms with van der Waals surface area (Å²) < 4.78 is 4.62. The molecule has 0 bridgehead atoms. The Morgan fingerprint density at radius 2 is 2.20 bits per heavy atom. The van der Waals surface area contributed by atoms with E-state index in [2.05, 4.69) is 4.74 Å². The van der Waals surface area contributed by atoms with Crippen LogP contribution in [0.3, 0.4) is 0 Å². The minimum atomic E-state index is -0.0211. The summed E-state index contributed by atoms with van der Waals surface area (Å²) in [5.74, 6) is 0.0789. The van der Waals surface area contributed by atoms with E-state index in [0.717, 1.165) is 5.56 Å². The van der Waals surface area contributed by atoms with Gasteiger partial charge in [0, 0.05) is 11.5 Å². The zero-order chi connectivity index (χ0) is 11.3. The number of carbonyl (C=O) groups is 2. The van der Waals surface area contributed by atoms with Gasteiger partial charge in [-0.15, -0.1) is 0 Å². The second-order valence-electron chi connectivity index (χ2n) is 3.63. The molecule has 0 saturated heterocycles. The van der Waals surface area contributed by atoms with Crippen molar-refractivity contribution in [2.45, 2.75) is 20.5 Å². The van der Waals surface area contributed by atoms with Gasteiger partial charge in [-0.3, -0.25) is 9.59 Å². The van der Waals surface area contributed by atoms with Crippen molar-refractivity contribution in [1.29, 1.82) is 0 Å². The molecular formula is C12H14O3. The average Bonchev–Trinajstić information content (AvgIpc) is 2.25. The van der Waals surface area contributed by atoms with Crippen LogP contribution in [0.4, 0.5) is 0 Å². The lowest BCUT2D eigenvalue weighted by atomic mass is 10.00. The standard InChI is InChI=1S/C12H14O3/c1-9(2)12(14)11-5-3-4-10(6-11)7-15-8-13/h3-6,8-9H,7H2,1-2H3. The molecule has 80 valence electrons. The van der Waals surface area contributed by atoms with Gasteiger partial charge in [0.05, 0.1) is 0 Å². The molecule has 3 nitrogen and oxygen atoms in total. The summed E-state index contributed by atoms with van der Waals surface area (Å²) in [6.07, 6.45) is 0. The summed E-state index contributed by atoms with van der Waals surface area (Å²) in [6.45, 7) is 4.33. The second-order valence-corrected chi connectivity index (χ2v) is 3.63. The van der Waals surface area contributed by atoms with Crippen molar-refractivity contribution in [2.75, 3.05) is 0 Å². The summed E-state index contributed by atoms with van der Waals surface area (Å²) >= 11 is 0. The lowest BCUT2D eigenvalue weighted by Crippen LogP contribution is -2.07. The van der Waals surface area contributed by atoms with E-state index in [1.807, 2.05) is 19.9 Å². The van der Waals surface area contributed by atoms with Crippen LogP contribution in [-0.4, -0.2) is 12.3 Å². The molecule has 15 heavy (non-hydrogen) atoms. The lowest BCUT2D eigenvalue weighted by molar-refractivity contribution is -0.129. The molecule has 1 aromatic rings. The zero-order valence-electron chi connectivity index (χ0n) is 8.90. The first-order chi connectivity index (χ1) is 7.15. The Hall–Kier alpha value is -1.64. The third-order valence-corrected chi connectivity index (χ3v) is 2.05. The maximum absolute atomic E-state index is 11.7. The van der Waals surface area contributed by atoms with E-state index in [-0.39, 0.29) is 18.3 Å². The molecule has 0 aliphatic rings. The lowest BCUT2D eigenvalue weighted by Gasteiger charge is -2.06. The van der Waals surface area contributed by atoms with Crippen LogP contribution in [0, 0.1) is 5.92 Å². The molecule has 1 rings (SSSR count). The van der Waals surface area contributed by atoms with Crippen LogP contribution < -0.4 is 0 Å². The van der Waals surface area contributed by atoms with E-state index >= 15 is 0 Å². The van der Waals surface area contributed by atoms with Gasteiger partial charge < -0.3 is 4.74 Å². The van der Waals surface area contributed by atoms with Crippen molar-refractivity contribution in [3.05, 3.63) is 35.4 Å². The summed E-state index contributed by atoms with van der Waals surface area (Å²) in [4.78, 5) is 21.7. The summed E-state index contributed by atoms with van der Waals surface area (Å²) in [5, 5.41) is 0. The molecule has 0 aromatic heterocycles. The first kappa shape index (κ1) is 11.4. The fraction of sp³-hybridized carbons (Fsp3) is 0.333. The number of carbonyl (C=O) groups excluding carboxylic acids is 2. The number of ether oxygens (including phenoxy) is 1. The van der Waals surface area contributed by atoms with Gasteiger partial charge in [-0.2, -0.15) is 0 Å². The summed E-state index contributed by atoms with van der Waals surface area (Å²) in [5.41, 5.74) is 1.49. The van der Waals surface area contributed by atoms with Gasteiger partial charge in [-0.05, 0) is 11.6 Å². The van der Waals surface area contributed by atoms with Crippen LogP contribution in [0.25, 0.3) is 0 Å². The van der Waals surface area contributed by atoms with Crippen molar-refractivity contribution < 1.29 is 14.3 Å². The molecule has 0 amide bonds. The zero-order valence-corrected chi connectivity index (χ0v) is 8.90. The van der Waals surface area contributed by atoms with Gasteiger partial charge >= 0.3 is 0 Å². The van der Waals surface area contributed by atoms with E-state index in [4.69, 9.17) is 0 Å². The second kappa shape index (κ2) is 5.29. The highest BCUT2D eigenvalue weighted by Crippen LogP contribution is 2.11. The van der Waals surface area contributed by atoms with Gasteiger partial charge in [-0.25, -0.2) is 0 Å². The van der Waals surface area contributed by atoms with E-state index < -0.39 is 0 Å². The van der Waals surface area contributed by atoms with E-state index in [1.165, 1.54) is 0 Å². The Bertz CT molecular complexity index is 356. The molecule has 0 fully saturated rings. The van der Waals surface area contributed by atoms with Crippen LogP contribution in [0.2, 0.25) is 0 Å². The van der Waals surface area contributed by atoms with Gasteiger partial charge in [-0.1, -0.05) is 32.0 Å². The Labute approximate surface area is 89.1 Å². The summed E-state index contributed by atoms with van der Waals surface area (Å²) in [7, 11) is 0. The molecular weight excluding hydrogens is 192 g/mol. The SMILES string of the molecule is CC(C)C(=O)c1cccc(COC=O)c1. The molecule has 0 N–H and O–H groups in total. The largest absolute Gasteiger partial charge is 0.463 e. The molecule has 0 radical (unpaired) electrons. The molecule has 1 aromatic carbocycles. The molecule has 0 aliphatic heterocycles. The van der Waals surface area contributed by atoms with Crippen LogP contribution in [0.1, 0.15) is 29.8 Å². The summed E-state index contributed by atoms with van der Waals surface area (Å²) in [6, 6.07) is 7.14. The van der Waals surface area contributed by atoms with Gasteiger partial charge in [0.15, 0.2) is 5.78 Å². The van der Waals surface area contributed by atoms with Gasteiger partial charge in [0.25, 0.3) is 6.47 Å². The molecule has 0 heterocycles. The first-order valence-electron chi connectivity index (χ1n) is 4.83. The number of benzene rings is 1. The van der Waals surface area contributed by atoms with Gasteiger partial charge in [0.2, 0.25) is 0 Å². The topological polar surface area (TPSA) is 43.4 Å². The Balaban J connectivity index is 2.82. The van der Waals surface area contributed by atoms with E-state index in [9.17, 15) is 9.59 Å². The third-order valence-electron chi connectivity index (χ3n) is 2.05. The van der Waals surface area contributed by atoms with Crippen molar-refractivity contribution in [3.63, 3.8) is 0 Å². The number of ketones is 1. The highest BCUT2D eigenvalue weighted by atomic mass is 16.5. The quantitative estimate of drug-likeness (QED) is 0.548. The van der Waals surface area contributed by atoms with Crippen molar-refractivity contribution >= 4 is 12.3 Å². The number of hydrogen-bond acceptors (Lipinski definition) is 3. The fourth-order valence-electron chi connectivity index (χ4n) is 1.28. The van der Waals surface area contributed by atoms with Crippen LogP contribution in [-0.2, 0) is 16.1 Å². The van der Waals surface area contributed by atoms with Crippen LogP contribution in [0.5, 0.6) is 0 Å². The highest BCUT2D eigenvalue weighted by molar-refractivity contribution is 5.97. The Morgan fingerprint density at radius 1 is 1.47 bits per heavy atom. The van der Waals surface area contributed by atoms with Crippen LogP contribution in [0.15, 0.2) is 24.3 Å².